The summed E-state index contributed by atoms with van der Waals surface area (Å²) in [7, 11) is 3.55. The van der Waals surface area contributed by atoms with Gasteiger partial charge in [0.2, 0.25) is 11.7 Å². The van der Waals surface area contributed by atoms with Crippen LogP contribution in [0.15, 0.2) is 4.52 Å². The van der Waals surface area contributed by atoms with Gasteiger partial charge in [0.05, 0.1) is 5.54 Å². The number of hydrogen-bond donors (Lipinski definition) is 1. The monoisotopic (exact) mass is 255 g/mol. The Hall–Kier alpha value is -0.980. The lowest BCUT2D eigenvalue weighted by Gasteiger charge is -2.32. The second-order valence-electron chi connectivity index (χ2n) is 5.11. The van der Waals surface area contributed by atoms with E-state index in [1.54, 1.807) is 7.11 Å². The number of nitrogens with one attached hydrogen (secondary N) is 1. The van der Waals surface area contributed by atoms with Gasteiger partial charge < -0.3 is 19.3 Å². The Labute approximate surface area is 107 Å². The molecule has 0 unspecified atom stereocenters. The van der Waals surface area contributed by atoms with Crippen LogP contribution >= 0.6 is 0 Å². The normalized spacial score (nSPS) is 20.0. The van der Waals surface area contributed by atoms with Crippen LogP contribution in [0.2, 0.25) is 0 Å². The van der Waals surface area contributed by atoms with Crippen LogP contribution in [0, 0.1) is 0 Å². The number of ether oxygens (including phenoxy) is 2. The van der Waals surface area contributed by atoms with Crippen LogP contribution in [0.1, 0.15) is 38.4 Å². The fraction of sp³-hybridized carbons (Fsp3) is 0.833. The van der Waals surface area contributed by atoms with E-state index in [9.17, 15) is 0 Å². The molecule has 2 heterocycles. The maximum Gasteiger partial charge on any atom is 0.246 e. The summed E-state index contributed by atoms with van der Waals surface area (Å²) >= 11 is 0. The predicted octanol–water partition coefficient (Wildman–Crippen LogP) is 1.18. The standard InChI is InChI=1S/C12H21N3O3/c1-11(2,13-3)10-14-9(15-18-10)12(16-4)5-7-17-8-6-12/h13H,5-8H2,1-4H3. The van der Waals surface area contributed by atoms with E-state index in [4.69, 9.17) is 14.0 Å². The van der Waals surface area contributed by atoms with Crippen LogP contribution in [0.4, 0.5) is 0 Å². The lowest BCUT2D eigenvalue weighted by atomic mass is 9.93. The lowest BCUT2D eigenvalue weighted by Crippen LogP contribution is -2.37. The van der Waals surface area contributed by atoms with Crippen molar-refractivity contribution in [3.8, 4) is 0 Å². The van der Waals surface area contributed by atoms with Crippen molar-refractivity contribution in [3.63, 3.8) is 0 Å². The van der Waals surface area contributed by atoms with E-state index in [0.29, 0.717) is 24.9 Å². The predicted molar refractivity (Wildman–Crippen MR) is 65.1 cm³/mol. The fourth-order valence-corrected chi connectivity index (χ4v) is 1.99. The number of nitrogens with zero attached hydrogens (tertiary/aromatic N) is 2. The fourth-order valence-electron chi connectivity index (χ4n) is 1.99. The summed E-state index contributed by atoms with van der Waals surface area (Å²) in [6.45, 7) is 5.31. The zero-order valence-electron chi connectivity index (χ0n) is 11.4. The molecule has 2 rings (SSSR count). The molecule has 1 aliphatic rings. The highest BCUT2D eigenvalue weighted by Crippen LogP contribution is 2.34. The molecular weight excluding hydrogens is 234 g/mol. The molecule has 1 fully saturated rings. The summed E-state index contributed by atoms with van der Waals surface area (Å²) < 4.78 is 16.4. The topological polar surface area (TPSA) is 69.4 Å². The molecular formula is C12H21N3O3. The SMILES string of the molecule is CNC(C)(C)c1nc(C2(OC)CCOCC2)no1. The number of rotatable bonds is 4. The summed E-state index contributed by atoms with van der Waals surface area (Å²) in [5.74, 6) is 1.19. The summed E-state index contributed by atoms with van der Waals surface area (Å²) in [4.78, 5) is 4.50. The molecule has 0 atom stereocenters. The highest BCUT2D eigenvalue weighted by Gasteiger charge is 2.40. The van der Waals surface area contributed by atoms with E-state index >= 15 is 0 Å². The van der Waals surface area contributed by atoms with Gasteiger partial charge in [-0.2, -0.15) is 4.98 Å². The van der Waals surface area contributed by atoms with Gasteiger partial charge >= 0.3 is 0 Å². The minimum atomic E-state index is -0.468. The third-order valence-electron chi connectivity index (χ3n) is 3.68. The highest BCUT2D eigenvalue weighted by atomic mass is 16.5. The molecule has 0 bridgehead atoms. The molecule has 0 aliphatic carbocycles. The van der Waals surface area contributed by atoms with Gasteiger partial charge in [-0.25, -0.2) is 0 Å². The van der Waals surface area contributed by atoms with Crippen LogP contribution in [-0.4, -0.2) is 37.5 Å². The highest BCUT2D eigenvalue weighted by molar-refractivity contribution is 5.06. The van der Waals surface area contributed by atoms with Crippen molar-refractivity contribution < 1.29 is 14.0 Å². The van der Waals surface area contributed by atoms with Crippen LogP contribution in [0.3, 0.4) is 0 Å². The van der Waals surface area contributed by atoms with E-state index in [1.807, 2.05) is 20.9 Å². The first-order chi connectivity index (χ1) is 8.54. The Morgan fingerprint density at radius 3 is 2.56 bits per heavy atom. The lowest BCUT2D eigenvalue weighted by molar-refractivity contribution is -0.101. The molecule has 0 aromatic carbocycles. The molecule has 0 spiro atoms. The first-order valence-electron chi connectivity index (χ1n) is 6.20. The smallest absolute Gasteiger partial charge is 0.246 e. The first kappa shape index (κ1) is 13.5. The van der Waals surface area contributed by atoms with E-state index in [1.165, 1.54) is 0 Å². The van der Waals surface area contributed by atoms with Gasteiger partial charge in [-0.15, -0.1) is 0 Å². The van der Waals surface area contributed by atoms with E-state index in [0.717, 1.165) is 12.8 Å². The molecule has 1 saturated heterocycles. The molecule has 1 aromatic rings. The second kappa shape index (κ2) is 4.95. The first-order valence-corrected chi connectivity index (χ1v) is 6.20. The van der Waals surface area contributed by atoms with Crippen LogP contribution in [0.5, 0.6) is 0 Å². The Bertz CT molecular complexity index is 397. The van der Waals surface area contributed by atoms with Crippen molar-refractivity contribution >= 4 is 0 Å². The third-order valence-corrected chi connectivity index (χ3v) is 3.68. The maximum absolute atomic E-state index is 5.64. The van der Waals surface area contributed by atoms with Gasteiger partial charge in [-0.05, 0) is 20.9 Å². The molecule has 6 nitrogen and oxygen atoms in total. The van der Waals surface area contributed by atoms with Crippen molar-refractivity contribution in [2.24, 2.45) is 0 Å². The average Bonchev–Trinajstić information content (AvgIpc) is 2.90. The maximum atomic E-state index is 5.64. The van der Waals surface area contributed by atoms with Crippen LogP contribution in [0.25, 0.3) is 0 Å². The second-order valence-corrected chi connectivity index (χ2v) is 5.11. The van der Waals surface area contributed by atoms with Gasteiger partial charge in [-0.1, -0.05) is 5.16 Å². The molecule has 102 valence electrons. The molecule has 0 amide bonds. The number of hydrogen-bond acceptors (Lipinski definition) is 6. The van der Waals surface area contributed by atoms with Crippen molar-refractivity contribution in [2.75, 3.05) is 27.4 Å². The number of methoxy groups -OCH3 is 1. The van der Waals surface area contributed by atoms with Gasteiger partial charge in [-0.3, -0.25) is 0 Å². The van der Waals surface area contributed by atoms with E-state index < -0.39 is 5.60 Å². The molecule has 1 N–H and O–H groups in total. The van der Waals surface area contributed by atoms with Crippen LogP contribution < -0.4 is 5.32 Å². The summed E-state index contributed by atoms with van der Waals surface area (Å²) in [6, 6.07) is 0. The quantitative estimate of drug-likeness (QED) is 0.871. The molecule has 18 heavy (non-hydrogen) atoms. The molecule has 0 saturated carbocycles. The van der Waals surface area contributed by atoms with E-state index in [2.05, 4.69) is 15.5 Å². The molecule has 0 radical (unpaired) electrons. The van der Waals surface area contributed by atoms with Crippen molar-refractivity contribution in [3.05, 3.63) is 11.7 Å². The molecule has 6 heteroatoms. The molecule has 1 aromatic heterocycles. The third kappa shape index (κ3) is 2.28. The number of aromatic nitrogens is 2. The van der Waals surface area contributed by atoms with Crippen molar-refractivity contribution in [1.82, 2.24) is 15.5 Å². The summed E-state index contributed by atoms with van der Waals surface area (Å²) in [5, 5.41) is 7.23. The van der Waals surface area contributed by atoms with E-state index in [-0.39, 0.29) is 5.54 Å². The van der Waals surface area contributed by atoms with Crippen LogP contribution in [-0.2, 0) is 20.6 Å². The Morgan fingerprint density at radius 1 is 1.33 bits per heavy atom. The van der Waals surface area contributed by atoms with Gasteiger partial charge in [0.15, 0.2) is 0 Å². The Balaban J connectivity index is 2.28. The zero-order valence-corrected chi connectivity index (χ0v) is 11.4. The Kier molecular flexibility index (Phi) is 3.70. The van der Waals surface area contributed by atoms with Crippen molar-refractivity contribution in [2.45, 2.75) is 37.8 Å². The van der Waals surface area contributed by atoms with Gasteiger partial charge in [0, 0.05) is 33.2 Å². The zero-order chi connectivity index (χ0) is 13.2. The van der Waals surface area contributed by atoms with Gasteiger partial charge in [0.25, 0.3) is 0 Å². The average molecular weight is 255 g/mol. The largest absolute Gasteiger partial charge is 0.381 e. The minimum Gasteiger partial charge on any atom is -0.381 e. The van der Waals surface area contributed by atoms with Crippen molar-refractivity contribution in [1.29, 1.82) is 0 Å². The summed E-state index contributed by atoms with van der Waals surface area (Å²) in [6.07, 6.45) is 1.50. The molecule has 1 aliphatic heterocycles. The Morgan fingerprint density at radius 2 is 2.00 bits per heavy atom. The summed E-state index contributed by atoms with van der Waals surface area (Å²) in [5.41, 5.74) is -0.810. The minimum absolute atomic E-state index is 0.342. The van der Waals surface area contributed by atoms with Gasteiger partial charge in [0.1, 0.15) is 5.60 Å².